The summed E-state index contributed by atoms with van der Waals surface area (Å²) in [4.78, 5) is 28.8. The minimum Gasteiger partial charge on any atom is -0.374 e. The molecule has 1 aliphatic rings. The van der Waals surface area contributed by atoms with Crippen molar-refractivity contribution in [2.75, 3.05) is 42.7 Å². The molecule has 0 saturated carbocycles. The zero-order valence-electron chi connectivity index (χ0n) is 17.7. The Balaban J connectivity index is 1.69. The molecule has 1 fully saturated rings. The van der Waals surface area contributed by atoms with Gasteiger partial charge in [0.2, 0.25) is 11.8 Å². The zero-order valence-corrected chi connectivity index (χ0v) is 17.7. The van der Waals surface area contributed by atoms with Gasteiger partial charge in [0.15, 0.2) is 0 Å². The van der Waals surface area contributed by atoms with Crippen molar-refractivity contribution in [3.63, 3.8) is 0 Å². The Hall–Kier alpha value is -2.93. The largest absolute Gasteiger partial charge is 0.374 e. The average Bonchev–Trinajstić information content (AvgIpc) is 2.70. The molecule has 6 nitrogen and oxygen atoms in total. The molecule has 1 atom stereocenters. The van der Waals surface area contributed by atoms with Crippen LogP contribution in [0.1, 0.15) is 24.8 Å². The number of hydrogen-bond acceptors (Lipinski definition) is 4. The van der Waals surface area contributed by atoms with E-state index in [1.165, 1.54) is 12.1 Å². The van der Waals surface area contributed by atoms with Gasteiger partial charge in [-0.3, -0.25) is 9.59 Å². The quantitative estimate of drug-likeness (QED) is 0.729. The molecule has 0 spiro atoms. The number of anilines is 3. The van der Waals surface area contributed by atoms with E-state index in [1.807, 2.05) is 44.1 Å². The number of amides is 2. The highest BCUT2D eigenvalue weighted by Gasteiger charge is 2.29. The third kappa shape index (κ3) is 5.57. The first kappa shape index (κ1) is 21.8. The smallest absolute Gasteiger partial charge is 0.249 e. The van der Waals surface area contributed by atoms with Crippen molar-refractivity contribution in [3.8, 4) is 0 Å². The molecule has 2 N–H and O–H groups in total. The average molecular weight is 413 g/mol. The molecule has 3 rings (SSSR count). The predicted octanol–water partition coefficient (Wildman–Crippen LogP) is 3.63. The first-order chi connectivity index (χ1) is 14.3. The van der Waals surface area contributed by atoms with Crippen LogP contribution in [0.25, 0.3) is 0 Å². The summed E-state index contributed by atoms with van der Waals surface area (Å²) in [5.41, 5.74) is 3.02. The molecule has 0 aromatic heterocycles. The molecular formula is C23H29FN4O2. The third-order valence-electron chi connectivity index (χ3n) is 5.20. The molecule has 2 aromatic carbocycles. The van der Waals surface area contributed by atoms with E-state index in [2.05, 4.69) is 10.6 Å². The summed E-state index contributed by atoms with van der Waals surface area (Å²) in [6.07, 6.45) is 1.93. The van der Waals surface area contributed by atoms with Gasteiger partial charge >= 0.3 is 0 Å². The Kier molecular flexibility index (Phi) is 7.05. The molecule has 0 radical (unpaired) electrons. The summed E-state index contributed by atoms with van der Waals surface area (Å²) in [7, 11) is 3.86. The van der Waals surface area contributed by atoms with Crippen LogP contribution in [0.5, 0.6) is 0 Å². The van der Waals surface area contributed by atoms with Crippen LogP contribution in [0.2, 0.25) is 0 Å². The number of piperidine rings is 1. The summed E-state index contributed by atoms with van der Waals surface area (Å²) >= 11 is 0. The van der Waals surface area contributed by atoms with Gasteiger partial charge in [-0.25, -0.2) is 4.39 Å². The molecule has 7 heteroatoms. The molecule has 0 aliphatic carbocycles. The molecule has 1 aliphatic heterocycles. The maximum Gasteiger partial charge on any atom is 0.249 e. The van der Waals surface area contributed by atoms with Gasteiger partial charge in [-0.15, -0.1) is 0 Å². The van der Waals surface area contributed by atoms with Crippen molar-refractivity contribution in [2.45, 2.75) is 32.2 Å². The number of aryl methyl sites for hydroxylation is 1. The Labute approximate surface area is 177 Å². The topological polar surface area (TPSA) is 64.7 Å². The summed E-state index contributed by atoms with van der Waals surface area (Å²) in [5.74, 6) is -0.484. The van der Waals surface area contributed by atoms with Gasteiger partial charge in [0.1, 0.15) is 11.9 Å². The van der Waals surface area contributed by atoms with Gasteiger partial charge in [-0.2, -0.15) is 0 Å². The van der Waals surface area contributed by atoms with E-state index in [-0.39, 0.29) is 17.6 Å². The highest BCUT2D eigenvalue weighted by atomic mass is 19.1. The fraction of sp³-hybridized carbons (Fsp3) is 0.391. The second-order valence-corrected chi connectivity index (χ2v) is 7.94. The number of nitrogens with one attached hydrogen (secondary N) is 2. The molecule has 160 valence electrons. The van der Waals surface area contributed by atoms with Crippen molar-refractivity contribution in [1.82, 2.24) is 4.90 Å². The van der Waals surface area contributed by atoms with Crippen LogP contribution < -0.4 is 15.5 Å². The molecule has 1 saturated heterocycles. The number of rotatable bonds is 7. The lowest BCUT2D eigenvalue weighted by Crippen LogP contribution is -2.47. The van der Waals surface area contributed by atoms with E-state index >= 15 is 0 Å². The van der Waals surface area contributed by atoms with Gasteiger partial charge in [0.25, 0.3) is 0 Å². The minimum atomic E-state index is -0.401. The van der Waals surface area contributed by atoms with Crippen LogP contribution in [0, 0.1) is 12.7 Å². The number of halogens is 1. The van der Waals surface area contributed by atoms with E-state index in [1.54, 1.807) is 17.0 Å². The zero-order chi connectivity index (χ0) is 21.7. The Morgan fingerprint density at radius 1 is 1.23 bits per heavy atom. The minimum absolute atomic E-state index is 0.0463. The molecule has 2 aromatic rings. The standard InChI is InChI=1S/C23H29FN4O2/c1-16-9-10-18(15-21(16)26-22(29)11-13-27(2)3)25-20-8-5-12-28(23(20)30)19-7-4-6-17(24)14-19/h4,6-7,9-10,14-15,20,25H,5,8,11-13H2,1-3H3,(H,26,29). The van der Waals surface area contributed by atoms with Crippen LogP contribution in [0.15, 0.2) is 42.5 Å². The summed E-state index contributed by atoms with van der Waals surface area (Å²) in [6.45, 7) is 3.18. The summed E-state index contributed by atoms with van der Waals surface area (Å²) < 4.78 is 13.6. The van der Waals surface area contributed by atoms with Crippen LogP contribution >= 0.6 is 0 Å². The fourth-order valence-electron chi connectivity index (χ4n) is 3.50. The van der Waals surface area contributed by atoms with Crippen LogP contribution in [-0.4, -0.2) is 49.9 Å². The number of carbonyl (C=O) groups is 2. The molecule has 0 bridgehead atoms. The maximum atomic E-state index is 13.6. The third-order valence-corrected chi connectivity index (χ3v) is 5.20. The van der Waals surface area contributed by atoms with Gasteiger partial charge in [0, 0.05) is 36.6 Å². The van der Waals surface area contributed by atoms with Crippen LogP contribution in [-0.2, 0) is 9.59 Å². The molecule has 1 heterocycles. The van der Waals surface area contributed by atoms with Gasteiger partial charge in [0.05, 0.1) is 0 Å². The number of benzene rings is 2. The Morgan fingerprint density at radius 3 is 2.77 bits per heavy atom. The molecular weight excluding hydrogens is 383 g/mol. The van der Waals surface area contributed by atoms with E-state index < -0.39 is 6.04 Å². The SMILES string of the molecule is Cc1ccc(NC2CCCN(c3cccc(F)c3)C2=O)cc1NC(=O)CCN(C)C. The van der Waals surface area contributed by atoms with Crippen molar-refractivity contribution in [2.24, 2.45) is 0 Å². The van der Waals surface area contributed by atoms with Crippen molar-refractivity contribution in [3.05, 3.63) is 53.8 Å². The van der Waals surface area contributed by atoms with Crippen molar-refractivity contribution in [1.29, 1.82) is 0 Å². The fourth-order valence-corrected chi connectivity index (χ4v) is 3.50. The van der Waals surface area contributed by atoms with Crippen LogP contribution in [0.3, 0.4) is 0 Å². The second-order valence-electron chi connectivity index (χ2n) is 7.94. The highest BCUT2D eigenvalue weighted by molar-refractivity contribution is 5.99. The lowest BCUT2D eigenvalue weighted by Gasteiger charge is -2.33. The van der Waals surface area contributed by atoms with E-state index in [0.29, 0.717) is 31.6 Å². The van der Waals surface area contributed by atoms with Gasteiger partial charge in [-0.1, -0.05) is 12.1 Å². The molecule has 2 amide bonds. The highest BCUT2D eigenvalue weighted by Crippen LogP contribution is 2.26. The van der Waals surface area contributed by atoms with Gasteiger partial charge < -0.3 is 20.4 Å². The number of nitrogens with zero attached hydrogens (tertiary/aromatic N) is 2. The predicted molar refractivity (Wildman–Crippen MR) is 118 cm³/mol. The molecule has 30 heavy (non-hydrogen) atoms. The van der Waals surface area contributed by atoms with Crippen LogP contribution in [0.4, 0.5) is 21.5 Å². The Bertz CT molecular complexity index is 916. The monoisotopic (exact) mass is 412 g/mol. The first-order valence-electron chi connectivity index (χ1n) is 10.2. The maximum absolute atomic E-state index is 13.6. The van der Waals surface area contributed by atoms with E-state index in [0.717, 1.165) is 23.4 Å². The van der Waals surface area contributed by atoms with E-state index in [4.69, 9.17) is 0 Å². The number of hydrogen-bond donors (Lipinski definition) is 2. The lowest BCUT2D eigenvalue weighted by atomic mass is 10.0. The van der Waals surface area contributed by atoms with Crippen molar-refractivity contribution >= 4 is 28.9 Å². The van der Waals surface area contributed by atoms with Gasteiger partial charge in [-0.05, 0) is 69.8 Å². The van der Waals surface area contributed by atoms with Crippen molar-refractivity contribution < 1.29 is 14.0 Å². The second kappa shape index (κ2) is 9.71. The Morgan fingerprint density at radius 2 is 2.03 bits per heavy atom. The number of carbonyl (C=O) groups excluding carboxylic acids is 2. The summed E-state index contributed by atoms with van der Waals surface area (Å²) in [5, 5.41) is 6.24. The lowest BCUT2D eigenvalue weighted by molar-refractivity contribution is -0.120. The normalized spacial score (nSPS) is 16.6. The first-order valence-corrected chi connectivity index (χ1v) is 10.2. The summed E-state index contributed by atoms with van der Waals surface area (Å²) in [6, 6.07) is 11.4. The van der Waals surface area contributed by atoms with E-state index in [9.17, 15) is 14.0 Å². The molecule has 1 unspecified atom stereocenters.